The Kier molecular flexibility index (Phi) is 6.94. The fourth-order valence-electron chi connectivity index (χ4n) is 4.82. The molecule has 0 radical (unpaired) electrons. The Balaban J connectivity index is 1.58. The first kappa shape index (κ1) is 20.6. The van der Waals surface area contributed by atoms with Crippen molar-refractivity contribution in [3.63, 3.8) is 0 Å². The van der Waals surface area contributed by atoms with Gasteiger partial charge in [-0.3, -0.25) is 14.6 Å². The minimum Gasteiger partial charge on any atom is -0.465 e. The number of nitrogens with zero attached hydrogens (tertiary/aromatic N) is 2. The first-order valence-corrected chi connectivity index (χ1v) is 10.5. The van der Waals surface area contributed by atoms with E-state index in [2.05, 4.69) is 41.4 Å². The lowest BCUT2D eigenvalue weighted by atomic mass is 9.97. The van der Waals surface area contributed by atoms with E-state index in [4.69, 9.17) is 0 Å². The summed E-state index contributed by atoms with van der Waals surface area (Å²) >= 11 is 0. The highest BCUT2D eigenvalue weighted by molar-refractivity contribution is 5.85. The van der Waals surface area contributed by atoms with E-state index in [1.165, 1.54) is 12.6 Å². The quantitative estimate of drug-likeness (QED) is 0.719. The second-order valence-electron chi connectivity index (χ2n) is 8.35. The first-order valence-electron chi connectivity index (χ1n) is 10.5. The van der Waals surface area contributed by atoms with Gasteiger partial charge in [0, 0.05) is 32.7 Å². The van der Waals surface area contributed by atoms with Crippen LogP contribution in [0.25, 0.3) is 0 Å². The third-order valence-corrected chi connectivity index (χ3v) is 6.41. The molecule has 2 N–H and O–H groups in total. The third kappa shape index (κ3) is 4.85. The lowest BCUT2D eigenvalue weighted by molar-refractivity contribution is -0.126. The zero-order valence-electron chi connectivity index (χ0n) is 17.0. The first-order chi connectivity index (χ1) is 13.5. The van der Waals surface area contributed by atoms with Crippen LogP contribution in [0.5, 0.6) is 0 Å². The predicted molar refractivity (Wildman–Crippen MR) is 109 cm³/mol. The zero-order chi connectivity index (χ0) is 20.1. The van der Waals surface area contributed by atoms with Gasteiger partial charge in [-0.15, -0.1) is 0 Å². The Morgan fingerprint density at radius 3 is 2.68 bits per heavy atom. The molecule has 0 unspecified atom stereocenters. The molecule has 1 aromatic rings. The molecule has 6 nitrogen and oxygen atoms in total. The molecule has 28 heavy (non-hydrogen) atoms. The molecule has 1 saturated heterocycles. The highest BCUT2D eigenvalue weighted by atomic mass is 16.4. The van der Waals surface area contributed by atoms with Crippen molar-refractivity contribution in [3.8, 4) is 0 Å². The molecule has 154 valence electrons. The van der Waals surface area contributed by atoms with Gasteiger partial charge in [-0.1, -0.05) is 50.1 Å². The van der Waals surface area contributed by atoms with Crippen LogP contribution < -0.4 is 5.32 Å². The van der Waals surface area contributed by atoms with Gasteiger partial charge in [0.2, 0.25) is 5.91 Å². The minimum atomic E-state index is -1.05. The number of likely N-dealkylation sites (N-methyl/N-ethyl adjacent to an activating group) is 1. The van der Waals surface area contributed by atoms with Gasteiger partial charge in [-0.25, -0.2) is 4.79 Å². The summed E-state index contributed by atoms with van der Waals surface area (Å²) in [6.45, 7) is 5.09. The van der Waals surface area contributed by atoms with Gasteiger partial charge in [0.05, 0.1) is 0 Å². The molecular formula is C22H33N3O3. The number of unbranched alkanes of at least 4 members (excludes halogenated alkanes) is 1. The van der Waals surface area contributed by atoms with Crippen LogP contribution in [0.15, 0.2) is 30.3 Å². The van der Waals surface area contributed by atoms with Crippen LogP contribution in [0, 0.1) is 11.8 Å². The molecular weight excluding hydrogens is 354 g/mol. The fraction of sp³-hybridized carbons (Fsp3) is 0.636. The molecule has 0 aromatic heterocycles. The Bertz CT molecular complexity index is 666. The summed E-state index contributed by atoms with van der Waals surface area (Å²) in [4.78, 5) is 27.9. The van der Waals surface area contributed by atoms with E-state index in [0.717, 1.165) is 50.2 Å². The van der Waals surface area contributed by atoms with Crippen molar-refractivity contribution >= 4 is 12.0 Å². The number of amides is 2. The summed E-state index contributed by atoms with van der Waals surface area (Å²) < 4.78 is 0. The van der Waals surface area contributed by atoms with Gasteiger partial charge < -0.3 is 10.4 Å². The molecule has 2 aliphatic rings. The van der Waals surface area contributed by atoms with Crippen molar-refractivity contribution in [2.75, 3.05) is 20.1 Å². The smallest absolute Gasteiger partial charge is 0.407 e. The number of likely N-dealkylation sites (tertiary alicyclic amines) is 1. The van der Waals surface area contributed by atoms with E-state index in [9.17, 15) is 14.7 Å². The molecule has 2 amide bonds. The standard InChI is InChI=1S/C22H33N3O3/c1-3-4-10-20(24(2)22(27)28)21(26)23-19-12-11-17-14-25(15-18(17)19)13-16-8-6-5-7-9-16/h5-9,17-20H,3-4,10-15H2,1-2H3,(H,23,26)(H,27,28)/t17-,18+,19+,20+/m1/s1. The van der Waals surface area contributed by atoms with E-state index >= 15 is 0 Å². The van der Waals surface area contributed by atoms with Crippen molar-refractivity contribution in [2.24, 2.45) is 11.8 Å². The largest absolute Gasteiger partial charge is 0.465 e. The van der Waals surface area contributed by atoms with Gasteiger partial charge in [-0.2, -0.15) is 0 Å². The Morgan fingerprint density at radius 1 is 1.25 bits per heavy atom. The summed E-state index contributed by atoms with van der Waals surface area (Å²) in [5, 5.41) is 12.5. The van der Waals surface area contributed by atoms with Crippen LogP contribution in [0.4, 0.5) is 4.79 Å². The van der Waals surface area contributed by atoms with E-state index in [-0.39, 0.29) is 11.9 Å². The van der Waals surface area contributed by atoms with Gasteiger partial charge >= 0.3 is 6.09 Å². The van der Waals surface area contributed by atoms with Crippen molar-refractivity contribution in [2.45, 2.75) is 57.7 Å². The van der Waals surface area contributed by atoms with Crippen LogP contribution in [0.1, 0.15) is 44.6 Å². The number of nitrogens with one attached hydrogen (secondary N) is 1. The van der Waals surface area contributed by atoms with Crippen molar-refractivity contribution in [1.82, 2.24) is 15.1 Å². The van der Waals surface area contributed by atoms with Gasteiger partial charge in [0.25, 0.3) is 0 Å². The van der Waals surface area contributed by atoms with Crippen molar-refractivity contribution < 1.29 is 14.7 Å². The SMILES string of the molecule is CCCC[C@@H](C(=O)N[C@H]1CC[C@@H]2CN(Cc3ccccc3)C[C@@H]21)N(C)C(=O)O. The maximum absolute atomic E-state index is 12.9. The number of carbonyl (C=O) groups excluding carboxylic acids is 1. The van der Waals surface area contributed by atoms with Crippen LogP contribution in [-0.2, 0) is 11.3 Å². The number of carboxylic acid groups (broad SMARTS) is 1. The van der Waals surface area contributed by atoms with Gasteiger partial charge in [0.1, 0.15) is 6.04 Å². The molecule has 1 heterocycles. The summed E-state index contributed by atoms with van der Waals surface area (Å²) in [6, 6.07) is 10.1. The highest BCUT2D eigenvalue weighted by Gasteiger charge is 2.43. The van der Waals surface area contributed by atoms with Crippen molar-refractivity contribution in [1.29, 1.82) is 0 Å². The van der Waals surface area contributed by atoms with E-state index < -0.39 is 12.1 Å². The Labute approximate surface area is 167 Å². The van der Waals surface area contributed by atoms with Crippen LogP contribution in [0.3, 0.4) is 0 Å². The zero-order valence-corrected chi connectivity index (χ0v) is 17.0. The number of fused-ring (bicyclic) bond motifs is 1. The maximum Gasteiger partial charge on any atom is 0.407 e. The normalized spacial score (nSPS) is 25.3. The molecule has 0 spiro atoms. The maximum atomic E-state index is 12.9. The number of hydrogen-bond donors (Lipinski definition) is 2. The molecule has 1 aliphatic carbocycles. The number of carbonyl (C=O) groups is 2. The Hall–Kier alpha value is -2.08. The summed E-state index contributed by atoms with van der Waals surface area (Å²) in [5.41, 5.74) is 1.32. The molecule has 1 aromatic carbocycles. The molecule has 4 atom stereocenters. The summed E-state index contributed by atoms with van der Waals surface area (Å²) in [6.07, 6.45) is 3.45. The molecule has 6 heteroatoms. The van der Waals surface area contributed by atoms with Crippen molar-refractivity contribution in [3.05, 3.63) is 35.9 Å². The van der Waals surface area contributed by atoms with E-state index in [1.807, 2.05) is 6.07 Å². The molecule has 3 rings (SSSR count). The topological polar surface area (TPSA) is 72.9 Å². The molecule has 1 saturated carbocycles. The van der Waals surface area contributed by atoms with Crippen LogP contribution in [0.2, 0.25) is 0 Å². The third-order valence-electron chi connectivity index (χ3n) is 6.41. The Morgan fingerprint density at radius 2 is 2.00 bits per heavy atom. The average molecular weight is 388 g/mol. The summed E-state index contributed by atoms with van der Waals surface area (Å²) in [7, 11) is 1.50. The number of benzene rings is 1. The molecule has 1 aliphatic heterocycles. The lowest BCUT2D eigenvalue weighted by Gasteiger charge is -2.28. The highest BCUT2D eigenvalue weighted by Crippen LogP contribution is 2.38. The molecule has 0 bridgehead atoms. The average Bonchev–Trinajstić information content (AvgIpc) is 3.24. The number of rotatable bonds is 8. The second-order valence-corrected chi connectivity index (χ2v) is 8.35. The summed E-state index contributed by atoms with van der Waals surface area (Å²) in [5.74, 6) is 0.959. The van der Waals surface area contributed by atoms with E-state index in [1.54, 1.807) is 0 Å². The van der Waals surface area contributed by atoms with E-state index in [0.29, 0.717) is 18.3 Å². The van der Waals surface area contributed by atoms with Gasteiger partial charge in [0.15, 0.2) is 0 Å². The fourth-order valence-corrected chi connectivity index (χ4v) is 4.82. The minimum absolute atomic E-state index is 0.134. The lowest BCUT2D eigenvalue weighted by Crippen LogP contribution is -2.51. The molecule has 2 fully saturated rings. The van der Waals surface area contributed by atoms with Crippen LogP contribution in [-0.4, -0.2) is 59.1 Å². The second kappa shape index (κ2) is 9.41. The van der Waals surface area contributed by atoms with Crippen LogP contribution >= 0.6 is 0 Å². The van der Waals surface area contributed by atoms with Gasteiger partial charge in [-0.05, 0) is 36.7 Å². The predicted octanol–water partition coefficient (Wildman–Crippen LogP) is 3.18. The number of hydrogen-bond acceptors (Lipinski definition) is 3. The monoisotopic (exact) mass is 387 g/mol.